The minimum Gasteiger partial charge on any atom is -0.394 e. The number of carbonyl (C=O) groups excluding carboxylic acids is 1. The number of nitrogens with one attached hydrogen (secondary N) is 1. The van der Waals surface area contributed by atoms with Gasteiger partial charge in [-0.1, -0.05) is 205 Å². The molecule has 0 aromatic carbocycles. The first kappa shape index (κ1) is 54.6. The van der Waals surface area contributed by atoms with E-state index in [9.17, 15) is 35.4 Å². The molecule has 0 saturated carbocycles. The van der Waals surface area contributed by atoms with E-state index in [0.717, 1.165) is 32.1 Å². The second kappa shape index (κ2) is 38.5. The van der Waals surface area contributed by atoms with Crippen molar-refractivity contribution < 1.29 is 44.9 Å². The van der Waals surface area contributed by atoms with Gasteiger partial charge in [0.05, 0.1) is 25.4 Å². The lowest BCUT2D eigenvalue weighted by atomic mass is 9.99. The molecular weight excluding hydrogens is 735 g/mol. The number of hydrogen-bond acceptors (Lipinski definition) is 9. The van der Waals surface area contributed by atoms with Crippen LogP contribution in [0.5, 0.6) is 0 Å². The molecule has 0 aliphatic carbocycles. The third kappa shape index (κ3) is 28.2. The van der Waals surface area contributed by atoms with Crippen molar-refractivity contribution in [2.24, 2.45) is 0 Å². The Morgan fingerprint density at radius 3 is 1.50 bits per heavy atom. The minimum absolute atomic E-state index is 0.308. The summed E-state index contributed by atoms with van der Waals surface area (Å²) in [4.78, 5) is 13.0. The summed E-state index contributed by atoms with van der Waals surface area (Å²) in [5.74, 6) is -0.624. The lowest BCUT2D eigenvalue weighted by Gasteiger charge is -2.40. The van der Waals surface area contributed by atoms with Crippen molar-refractivity contribution in [2.75, 3.05) is 13.2 Å². The van der Waals surface area contributed by atoms with E-state index in [1.54, 1.807) is 6.08 Å². The Morgan fingerprint density at radius 1 is 0.586 bits per heavy atom. The van der Waals surface area contributed by atoms with E-state index >= 15 is 0 Å². The van der Waals surface area contributed by atoms with Gasteiger partial charge in [-0.3, -0.25) is 4.79 Å². The molecule has 10 nitrogen and oxygen atoms in total. The second-order valence-electron chi connectivity index (χ2n) is 17.0. The molecule has 0 aromatic heterocycles. The van der Waals surface area contributed by atoms with Gasteiger partial charge in [0.1, 0.15) is 30.5 Å². The summed E-state index contributed by atoms with van der Waals surface area (Å²) in [6, 6.07) is -0.992. The smallest absolute Gasteiger partial charge is 0.249 e. The van der Waals surface area contributed by atoms with Crippen molar-refractivity contribution in [3.63, 3.8) is 0 Å². The summed E-state index contributed by atoms with van der Waals surface area (Å²) in [6.45, 7) is 3.59. The number of rotatable bonds is 40. The van der Waals surface area contributed by atoms with Gasteiger partial charge in [-0.25, -0.2) is 0 Å². The number of hydrogen-bond donors (Lipinski definition) is 7. The molecule has 0 aromatic rings. The summed E-state index contributed by atoms with van der Waals surface area (Å²) in [7, 11) is 0. The van der Waals surface area contributed by atoms with Gasteiger partial charge in [-0.2, -0.15) is 0 Å². The van der Waals surface area contributed by atoms with Gasteiger partial charge in [0.2, 0.25) is 5.91 Å². The minimum atomic E-state index is -1.61. The molecule has 1 aliphatic heterocycles. The summed E-state index contributed by atoms with van der Waals surface area (Å²) in [5.41, 5.74) is 0. The molecule has 0 bridgehead atoms. The summed E-state index contributed by atoms with van der Waals surface area (Å²) in [6.07, 6.45) is 35.6. The molecule has 1 rings (SSSR count). The predicted molar refractivity (Wildman–Crippen MR) is 236 cm³/mol. The maximum absolute atomic E-state index is 13.0. The molecule has 0 unspecified atom stereocenters. The maximum Gasteiger partial charge on any atom is 0.249 e. The van der Waals surface area contributed by atoms with Gasteiger partial charge in [0, 0.05) is 0 Å². The molecule has 0 radical (unpaired) electrons. The fraction of sp³-hybridized carbons (Fsp3) is 0.896. The van der Waals surface area contributed by atoms with Gasteiger partial charge in [0.25, 0.3) is 0 Å². The van der Waals surface area contributed by atoms with Crippen LogP contribution in [0.1, 0.15) is 213 Å². The Kier molecular flexibility index (Phi) is 36.3. The quantitative estimate of drug-likeness (QED) is 0.0235. The number of aliphatic hydroxyl groups excluding tert-OH is 6. The van der Waals surface area contributed by atoms with Crippen LogP contribution in [0.2, 0.25) is 0 Å². The fourth-order valence-electron chi connectivity index (χ4n) is 7.65. The Balaban J connectivity index is 2.36. The zero-order chi connectivity index (χ0) is 42.5. The standard InChI is InChI=1S/C48H91NO9/c1-3-5-7-9-11-13-15-17-18-19-20-21-22-23-25-27-29-31-33-35-37-42(52)47(56)49-40(39-57-48-46(55)45(54)44(53)43(38-50)58-48)41(51)36-34-32-30-28-26-24-16-14-12-10-8-6-4-2/h26,28,34,36,40-46,48,50-55H,3-25,27,29-33,35,37-39H2,1-2H3,(H,49,56)/b28-26-,36-34+/t40-,41+,42+,43+,44+,45-,46+,48+/m0/s1. The van der Waals surface area contributed by atoms with E-state index in [-0.39, 0.29) is 6.61 Å². The van der Waals surface area contributed by atoms with Crippen LogP contribution in [0.3, 0.4) is 0 Å². The highest BCUT2D eigenvalue weighted by molar-refractivity contribution is 5.80. The van der Waals surface area contributed by atoms with Crippen LogP contribution in [-0.2, 0) is 14.3 Å². The second-order valence-corrected chi connectivity index (χ2v) is 17.0. The highest BCUT2D eigenvalue weighted by atomic mass is 16.7. The number of aliphatic hydroxyl groups is 6. The average molecular weight is 826 g/mol. The van der Waals surface area contributed by atoms with Crippen LogP contribution in [0.25, 0.3) is 0 Å². The molecule has 7 N–H and O–H groups in total. The Labute approximate surface area is 354 Å². The fourth-order valence-corrected chi connectivity index (χ4v) is 7.65. The summed E-state index contributed by atoms with van der Waals surface area (Å²) >= 11 is 0. The van der Waals surface area contributed by atoms with Crippen LogP contribution < -0.4 is 5.32 Å². The van der Waals surface area contributed by atoms with Crippen molar-refractivity contribution in [3.05, 3.63) is 24.3 Å². The molecule has 10 heteroatoms. The molecule has 1 aliphatic rings. The molecule has 342 valence electrons. The maximum atomic E-state index is 13.0. The normalized spacial score (nSPS) is 21.6. The third-order valence-corrected chi connectivity index (χ3v) is 11.6. The molecule has 1 amide bonds. The van der Waals surface area contributed by atoms with Crippen LogP contribution >= 0.6 is 0 Å². The first-order valence-corrected chi connectivity index (χ1v) is 24.2. The van der Waals surface area contributed by atoms with Gasteiger partial charge >= 0.3 is 0 Å². The molecule has 1 fully saturated rings. The SMILES string of the molecule is CCCCCCCCC/C=C\CC/C=C/[C@@H](O)[C@H](CO[C@@H]1O[C@H](CO)[C@@H](O)[C@H](O)[C@H]1O)NC(=O)[C@H](O)CCCCCCCCCCCCCCCCCCCCCC. The van der Waals surface area contributed by atoms with Crippen molar-refractivity contribution in [1.29, 1.82) is 0 Å². The van der Waals surface area contributed by atoms with E-state index in [1.165, 1.54) is 148 Å². The van der Waals surface area contributed by atoms with Crippen LogP contribution in [0, 0.1) is 0 Å². The molecule has 1 heterocycles. The Morgan fingerprint density at radius 2 is 1.02 bits per heavy atom. The van der Waals surface area contributed by atoms with Crippen LogP contribution in [-0.4, -0.2) is 98.7 Å². The molecule has 58 heavy (non-hydrogen) atoms. The summed E-state index contributed by atoms with van der Waals surface area (Å²) in [5, 5.41) is 64.6. The lowest BCUT2D eigenvalue weighted by Crippen LogP contribution is -2.60. The third-order valence-electron chi connectivity index (χ3n) is 11.6. The topological polar surface area (TPSA) is 169 Å². The lowest BCUT2D eigenvalue weighted by molar-refractivity contribution is -0.302. The zero-order valence-electron chi connectivity index (χ0n) is 37.2. The van der Waals surface area contributed by atoms with Crippen molar-refractivity contribution >= 4 is 5.91 Å². The van der Waals surface area contributed by atoms with Crippen molar-refractivity contribution in [2.45, 2.75) is 262 Å². The number of ether oxygens (including phenoxy) is 2. The number of unbranched alkanes of at least 4 members (excludes halogenated alkanes) is 27. The van der Waals surface area contributed by atoms with Gasteiger partial charge < -0.3 is 45.4 Å². The van der Waals surface area contributed by atoms with Gasteiger partial charge in [-0.15, -0.1) is 0 Å². The van der Waals surface area contributed by atoms with Gasteiger partial charge in [0.15, 0.2) is 6.29 Å². The zero-order valence-corrected chi connectivity index (χ0v) is 37.2. The van der Waals surface area contributed by atoms with E-state index in [0.29, 0.717) is 19.3 Å². The average Bonchev–Trinajstić information content (AvgIpc) is 3.22. The molecule has 8 atom stereocenters. The molecule has 0 spiro atoms. The summed E-state index contributed by atoms with van der Waals surface area (Å²) < 4.78 is 11.1. The Bertz CT molecular complexity index is 979. The predicted octanol–water partition coefficient (Wildman–Crippen LogP) is 9.25. The highest BCUT2D eigenvalue weighted by Crippen LogP contribution is 2.23. The Hall–Kier alpha value is -1.37. The first-order chi connectivity index (χ1) is 28.3. The van der Waals surface area contributed by atoms with E-state index in [4.69, 9.17) is 9.47 Å². The van der Waals surface area contributed by atoms with Crippen molar-refractivity contribution in [3.8, 4) is 0 Å². The largest absolute Gasteiger partial charge is 0.394 e. The van der Waals surface area contributed by atoms with E-state index in [1.807, 2.05) is 6.08 Å². The monoisotopic (exact) mass is 826 g/mol. The van der Waals surface area contributed by atoms with Gasteiger partial charge in [-0.05, 0) is 32.1 Å². The van der Waals surface area contributed by atoms with Crippen molar-refractivity contribution in [1.82, 2.24) is 5.32 Å². The molecular formula is C48H91NO9. The van der Waals surface area contributed by atoms with E-state index < -0.39 is 61.5 Å². The van der Waals surface area contributed by atoms with Crippen LogP contribution in [0.15, 0.2) is 24.3 Å². The van der Waals surface area contributed by atoms with Crippen LogP contribution in [0.4, 0.5) is 0 Å². The molecule has 1 saturated heterocycles. The first-order valence-electron chi connectivity index (χ1n) is 24.2. The van der Waals surface area contributed by atoms with E-state index in [2.05, 4.69) is 31.3 Å². The number of amides is 1. The number of allylic oxidation sites excluding steroid dienone is 3. The number of carbonyl (C=O) groups is 1. The highest BCUT2D eigenvalue weighted by Gasteiger charge is 2.44.